The molecule has 0 fully saturated rings. The first-order valence-corrected chi connectivity index (χ1v) is 8.29. The molecule has 4 aromatic rings. The Hall–Kier alpha value is -3.48. The lowest BCUT2D eigenvalue weighted by molar-refractivity contribution is 0.433. The van der Waals surface area contributed by atoms with E-state index in [1.165, 1.54) is 18.3 Å². The number of fused-ring (bicyclic) bond motifs is 1. The molecule has 0 bridgehead atoms. The maximum atomic E-state index is 13.4. The van der Waals surface area contributed by atoms with Crippen molar-refractivity contribution in [3.05, 3.63) is 59.0 Å². The van der Waals surface area contributed by atoms with Gasteiger partial charge in [0, 0.05) is 11.6 Å². The Morgan fingerprint density at radius 2 is 1.74 bits per heavy atom. The van der Waals surface area contributed by atoms with E-state index in [0.29, 0.717) is 17.2 Å². The van der Waals surface area contributed by atoms with E-state index >= 15 is 0 Å². The fourth-order valence-electron chi connectivity index (χ4n) is 2.75. The topological polar surface area (TPSA) is 81.3 Å². The van der Waals surface area contributed by atoms with E-state index in [-0.39, 0.29) is 17.5 Å². The van der Waals surface area contributed by atoms with Gasteiger partial charge < -0.3 is 14.3 Å². The van der Waals surface area contributed by atoms with Gasteiger partial charge in [-0.3, -0.25) is 0 Å². The summed E-state index contributed by atoms with van der Waals surface area (Å²) in [6.45, 7) is 5.42. The number of rotatable bonds is 3. The molecule has 7 heteroatoms. The van der Waals surface area contributed by atoms with Crippen molar-refractivity contribution < 1.29 is 18.7 Å². The van der Waals surface area contributed by atoms with Crippen LogP contribution in [0.25, 0.3) is 22.7 Å². The molecule has 0 saturated carbocycles. The summed E-state index contributed by atoms with van der Waals surface area (Å²) in [5, 5.41) is 9.92. The fourth-order valence-corrected chi connectivity index (χ4v) is 2.75. The number of aromatic nitrogens is 3. The van der Waals surface area contributed by atoms with Crippen LogP contribution in [0.3, 0.4) is 0 Å². The van der Waals surface area contributed by atoms with E-state index in [1.54, 1.807) is 25.1 Å². The van der Waals surface area contributed by atoms with Crippen molar-refractivity contribution in [2.75, 3.05) is 0 Å². The average Bonchev–Trinajstić information content (AvgIpc) is 3.06. The normalized spacial score (nSPS) is 11.1. The number of phenolic OH excluding ortho intramolecular Hbond substituents is 1. The zero-order valence-corrected chi connectivity index (χ0v) is 14.9. The standard InChI is InChI=1S/C20H16FN3O3/c1-10-4-5-14(21)8-16(10)26-20-22-9-15-19(24-20)27-18(23-15)13-6-11(2)17(25)12(3)7-13/h4-9,25H,1-3H3. The van der Waals surface area contributed by atoms with E-state index in [2.05, 4.69) is 15.0 Å². The Bertz CT molecular complexity index is 1150. The number of phenols is 1. The molecule has 2 aromatic heterocycles. The molecule has 0 spiro atoms. The Labute approximate surface area is 154 Å². The van der Waals surface area contributed by atoms with Crippen molar-refractivity contribution in [1.29, 1.82) is 0 Å². The van der Waals surface area contributed by atoms with E-state index in [1.807, 2.05) is 13.8 Å². The van der Waals surface area contributed by atoms with Crippen LogP contribution < -0.4 is 4.74 Å². The van der Waals surface area contributed by atoms with Crippen molar-refractivity contribution >= 4 is 11.2 Å². The molecule has 0 aliphatic carbocycles. The van der Waals surface area contributed by atoms with Crippen LogP contribution in [0.4, 0.5) is 4.39 Å². The fraction of sp³-hybridized carbons (Fsp3) is 0.150. The minimum Gasteiger partial charge on any atom is -0.507 e. The van der Waals surface area contributed by atoms with Crippen LogP contribution in [-0.2, 0) is 0 Å². The molecule has 4 rings (SSSR count). The quantitative estimate of drug-likeness (QED) is 0.559. The number of benzene rings is 2. The second-order valence-electron chi connectivity index (χ2n) is 6.33. The van der Waals surface area contributed by atoms with Gasteiger partial charge in [0.15, 0.2) is 0 Å². The highest BCUT2D eigenvalue weighted by Gasteiger charge is 2.14. The molecule has 27 heavy (non-hydrogen) atoms. The lowest BCUT2D eigenvalue weighted by Gasteiger charge is -2.06. The third kappa shape index (κ3) is 3.19. The summed E-state index contributed by atoms with van der Waals surface area (Å²) >= 11 is 0. The molecule has 136 valence electrons. The second kappa shape index (κ2) is 6.35. The number of hydrogen-bond donors (Lipinski definition) is 1. The van der Waals surface area contributed by atoms with Gasteiger partial charge in [-0.25, -0.2) is 14.4 Å². The van der Waals surface area contributed by atoms with Gasteiger partial charge in [0.2, 0.25) is 5.89 Å². The molecule has 2 aromatic carbocycles. The molecular formula is C20H16FN3O3. The maximum absolute atomic E-state index is 13.4. The SMILES string of the molecule is Cc1ccc(F)cc1Oc1ncc2nc(-c3cc(C)c(O)c(C)c3)oc2n1. The molecule has 0 amide bonds. The number of ether oxygens (including phenoxy) is 1. The Balaban J connectivity index is 1.71. The lowest BCUT2D eigenvalue weighted by Crippen LogP contribution is -1.94. The average molecular weight is 365 g/mol. The van der Waals surface area contributed by atoms with Crippen LogP contribution in [0, 0.1) is 26.6 Å². The van der Waals surface area contributed by atoms with Gasteiger partial charge in [-0.05, 0) is 55.7 Å². The van der Waals surface area contributed by atoms with Crippen LogP contribution in [-0.4, -0.2) is 20.1 Å². The predicted molar refractivity (Wildman–Crippen MR) is 97.4 cm³/mol. The van der Waals surface area contributed by atoms with Crippen molar-refractivity contribution in [2.45, 2.75) is 20.8 Å². The van der Waals surface area contributed by atoms with Gasteiger partial charge >= 0.3 is 6.01 Å². The van der Waals surface area contributed by atoms with Crippen molar-refractivity contribution in [2.24, 2.45) is 0 Å². The monoisotopic (exact) mass is 365 g/mol. The number of aromatic hydroxyl groups is 1. The van der Waals surface area contributed by atoms with Gasteiger partial charge in [-0.15, -0.1) is 0 Å². The van der Waals surface area contributed by atoms with Crippen LogP contribution in [0.2, 0.25) is 0 Å². The first-order chi connectivity index (χ1) is 12.9. The zero-order valence-electron chi connectivity index (χ0n) is 14.9. The van der Waals surface area contributed by atoms with Gasteiger partial charge in [0.25, 0.3) is 5.71 Å². The van der Waals surface area contributed by atoms with E-state index in [9.17, 15) is 9.50 Å². The molecule has 0 aliphatic heterocycles. The highest BCUT2D eigenvalue weighted by molar-refractivity contribution is 5.72. The molecule has 0 atom stereocenters. The van der Waals surface area contributed by atoms with Crippen LogP contribution in [0.5, 0.6) is 17.5 Å². The molecule has 6 nitrogen and oxygen atoms in total. The molecule has 0 saturated heterocycles. The molecule has 0 radical (unpaired) electrons. The predicted octanol–water partition coefficient (Wildman–Crippen LogP) is 4.85. The summed E-state index contributed by atoms with van der Waals surface area (Å²) in [6.07, 6.45) is 1.49. The highest BCUT2D eigenvalue weighted by Crippen LogP contribution is 2.31. The molecule has 1 N–H and O–H groups in total. The first kappa shape index (κ1) is 17.0. The number of aryl methyl sites for hydroxylation is 3. The number of nitrogens with zero attached hydrogens (tertiary/aromatic N) is 3. The minimum absolute atomic E-state index is 0.0389. The van der Waals surface area contributed by atoms with Crippen LogP contribution in [0.15, 0.2) is 40.9 Å². The van der Waals surface area contributed by atoms with Crippen LogP contribution in [0.1, 0.15) is 16.7 Å². The summed E-state index contributed by atoms with van der Waals surface area (Å²) in [5.74, 6) is 0.538. The Morgan fingerprint density at radius 3 is 2.48 bits per heavy atom. The molecule has 0 aliphatic rings. The van der Waals surface area contributed by atoms with Crippen molar-refractivity contribution in [1.82, 2.24) is 15.0 Å². The first-order valence-electron chi connectivity index (χ1n) is 8.29. The molecule has 2 heterocycles. The van der Waals surface area contributed by atoms with Gasteiger partial charge in [0.1, 0.15) is 22.8 Å². The number of oxazole rings is 1. The summed E-state index contributed by atoms with van der Waals surface area (Å²) in [6, 6.07) is 7.86. The van der Waals surface area contributed by atoms with Crippen molar-refractivity contribution in [3.8, 4) is 29.0 Å². The zero-order chi connectivity index (χ0) is 19.1. The Kier molecular flexibility index (Phi) is 3.99. The third-order valence-corrected chi connectivity index (χ3v) is 4.22. The summed E-state index contributed by atoms with van der Waals surface area (Å²) in [7, 11) is 0. The van der Waals surface area contributed by atoms with Gasteiger partial charge in [-0.2, -0.15) is 4.98 Å². The smallest absolute Gasteiger partial charge is 0.325 e. The van der Waals surface area contributed by atoms with E-state index < -0.39 is 5.82 Å². The third-order valence-electron chi connectivity index (χ3n) is 4.22. The van der Waals surface area contributed by atoms with Gasteiger partial charge in [-0.1, -0.05) is 6.07 Å². The lowest BCUT2D eigenvalue weighted by atomic mass is 10.1. The molecular weight excluding hydrogens is 349 g/mol. The largest absolute Gasteiger partial charge is 0.507 e. The summed E-state index contributed by atoms with van der Waals surface area (Å²) in [4.78, 5) is 12.7. The maximum Gasteiger partial charge on any atom is 0.325 e. The number of halogens is 1. The second-order valence-corrected chi connectivity index (χ2v) is 6.33. The van der Waals surface area contributed by atoms with Crippen molar-refractivity contribution in [3.63, 3.8) is 0 Å². The van der Waals surface area contributed by atoms with E-state index in [0.717, 1.165) is 22.3 Å². The highest BCUT2D eigenvalue weighted by atomic mass is 19.1. The minimum atomic E-state index is -0.406. The summed E-state index contributed by atoms with van der Waals surface area (Å²) < 4.78 is 24.7. The van der Waals surface area contributed by atoms with E-state index in [4.69, 9.17) is 9.15 Å². The molecule has 0 unspecified atom stereocenters. The van der Waals surface area contributed by atoms with Crippen LogP contribution >= 0.6 is 0 Å². The number of hydrogen-bond acceptors (Lipinski definition) is 6. The van der Waals surface area contributed by atoms with Gasteiger partial charge in [0.05, 0.1) is 6.20 Å². The summed E-state index contributed by atoms with van der Waals surface area (Å²) in [5.41, 5.74) is 3.66. The Morgan fingerprint density at radius 1 is 1.00 bits per heavy atom.